The Labute approximate surface area is 107 Å². The van der Waals surface area contributed by atoms with Crippen LogP contribution < -0.4 is 0 Å². The van der Waals surface area contributed by atoms with Crippen molar-refractivity contribution in [3.8, 4) is 0 Å². The molecule has 0 saturated carbocycles. The van der Waals surface area contributed by atoms with E-state index in [1.165, 1.54) is 12.7 Å². The Bertz CT molecular complexity index is 285. The molecular weight excluding hydrogens is 248 g/mol. The molecule has 0 amide bonds. The molecule has 0 radical (unpaired) electrons. The van der Waals surface area contributed by atoms with Gasteiger partial charge < -0.3 is 9.47 Å². The van der Waals surface area contributed by atoms with Crippen LogP contribution in [-0.2, 0) is 9.47 Å². The van der Waals surface area contributed by atoms with Gasteiger partial charge in [0.15, 0.2) is 0 Å². The quantitative estimate of drug-likeness (QED) is 0.563. The smallest absolute Gasteiger partial charge is 0.438 e. The molecule has 0 unspecified atom stereocenters. The van der Waals surface area contributed by atoms with Gasteiger partial charge in [0, 0.05) is 8.07 Å². The molecule has 0 fully saturated rings. The number of methoxy groups -OCH3 is 1. The van der Waals surface area contributed by atoms with Crippen LogP contribution in [0.2, 0.25) is 45.3 Å². The lowest BCUT2D eigenvalue weighted by Crippen LogP contribution is -2.25. The molecule has 0 spiro atoms. The van der Waals surface area contributed by atoms with E-state index in [9.17, 15) is 4.79 Å². The van der Waals surface area contributed by atoms with Gasteiger partial charge in [0.25, 0.3) is 0 Å². The zero-order valence-corrected chi connectivity index (χ0v) is 14.2. The summed E-state index contributed by atoms with van der Waals surface area (Å²) in [6.45, 7) is 14.2. The maximum absolute atomic E-state index is 11.0. The van der Waals surface area contributed by atoms with Gasteiger partial charge in [-0.1, -0.05) is 45.0 Å². The van der Waals surface area contributed by atoms with E-state index in [0.29, 0.717) is 6.61 Å². The van der Waals surface area contributed by atoms with Gasteiger partial charge >= 0.3 is 6.16 Å². The van der Waals surface area contributed by atoms with E-state index in [2.05, 4.69) is 49.7 Å². The molecule has 17 heavy (non-hydrogen) atoms. The van der Waals surface area contributed by atoms with E-state index >= 15 is 0 Å². The maximum atomic E-state index is 11.0. The van der Waals surface area contributed by atoms with Crippen LogP contribution in [0, 0.1) is 0 Å². The Morgan fingerprint density at radius 2 is 1.65 bits per heavy atom. The van der Waals surface area contributed by atoms with Gasteiger partial charge in [-0.2, -0.15) is 0 Å². The second-order valence-corrected chi connectivity index (χ2v) is 17.1. The summed E-state index contributed by atoms with van der Waals surface area (Å²) in [5, 5.41) is 0. The van der Waals surface area contributed by atoms with Gasteiger partial charge in [-0.05, 0) is 11.6 Å². The Hall–Kier alpha value is -0.556. The minimum absolute atomic E-state index is 0.376. The monoisotopic (exact) mass is 274 g/mol. The second kappa shape index (κ2) is 6.40. The van der Waals surface area contributed by atoms with Crippen molar-refractivity contribution in [1.82, 2.24) is 0 Å². The highest BCUT2D eigenvalue weighted by Gasteiger charge is 2.19. The van der Waals surface area contributed by atoms with Crippen molar-refractivity contribution in [1.29, 1.82) is 0 Å². The molecule has 0 aliphatic carbocycles. The van der Waals surface area contributed by atoms with Crippen molar-refractivity contribution in [3.63, 3.8) is 0 Å². The van der Waals surface area contributed by atoms with Crippen LogP contribution >= 0.6 is 0 Å². The fourth-order valence-electron chi connectivity index (χ4n) is 1.65. The first kappa shape index (κ1) is 16.4. The summed E-state index contributed by atoms with van der Waals surface area (Å²) in [4.78, 5) is 11.0. The predicted molar refractivity (Wildman–Crippen MR) is 77.9 cm³/mol. The summed E-state index contributed by atoms with van der Waals surface area (Å²) in [6, 6.07) is 1.08. The third-order valence-electron chi connectivity index (χ3n) is 1.94. The van der Waals surface area contributed by atoms with Crippen LogP contribution in [-0.4, -0.2) is 36.0 Å². The zero-order chi connectivity index (χ0) is 13.7. The van der Waals surface area contributed by atoms with E-state index in [1.54, 1.807) is 0 Å². The highest BCUT2D eigenvalue weighted by Crippen LogP contribution is 2.19. The van der Waals surface area contributed by atoms with E-state index in [4.69, 9.17) is 4.74 Å². The van der Waals surface area contributed by atoms with E-state index in [1.807, 2.05) is 0 Å². The summed E-state index contributed by atoms with van der Waals surface area (Å²) in [7, 11) is -1.12. The van der Waals surface area contributed by atoms with Crippen molar-refractivity contribution >= 4 is 22.3 Å². The van der Waals surface area contributed by atoms with Gasteiger partial charge in [0.2, 0.25) is 0 Å². The fourth-order valence-corrected chi connectivity index (χ4v) is 4.83. The van der Waals surface area contributed by atoms with Crippen LogP contribution in [0.15, 0.2) is 11.3 Å². The Balaban J connectivity index is 4.64. The number of ether oxygens (including phenoxy) is 2. The number of rotatable bonds is 5. The Morgan fingerprint density at radius 1 is 1.12 bits per heavy atom. The molecule has 0 aromatic rings. The lowest BCUT2D eigenvalue weighted by atomic mass is 10.4. The van der Waals surface area contributed by atoms with Crippen LogP contribution in [0.3, 0.4) is 0 Å². The fraction of sp³-hybridized carbons (Fsp3) is 0.750. The Kier molecular flexibility index (Phi) is 6.19. The maximum Gasteiger partial charge on any atom is 0.508 e. The molecule has 0 aliphatic heterocycles. The van der Waals surface area contributed by atoms with Gasteiger partial charge in [-0.3, -0.25) is 0 Å². The predicted octanol–water partition coefficient (Wildman–Crippen LogP) is 3.91. The van der Waals surface area contributed by atoms with Crippen molar-refractivity contribution < 1.29 is 14.3 Å². The first-order valence-electron chi connectivity index (χ1n) is 5.95. The molecule has 0 rings (SSSR count). The lowest BCUT2D eigenvalue weighted by Gasteiger charge is -2.21. The third kappa shape index (κ3) is 10.3. The van der Waals surface area contributed by atoms with Crippen LogP contribution in [0.5, 0.6) is 0 Å². The molecular formula is C12H26O3Si2. The molecule has 0 atom stereocenters. The molecule has 0 bridgehead atoms. The summed E-state index contributed by atoms with van der Waals surface area (Å²) in [6.07, 6.45) is -0.595. The number of hydrogen-bond acceptors (Lipinski definition) is 3. The van der Waals surface area contributed by atoms with Crippen molar-refractivity contribution in [3.05, 3.63) is 11.3 Å². The lowest BCUT2D eigenvalue weighted by molar-refractivity contribution is 0.0798. The molecule has 3 nitrogen and oxygen atoms in total. The molecule has 0 heterocycles. The van der Waals surface area contributed by atoms with E-state index in [-0.39, 0.29) is 0 Å². The van der Waals surface area contributed by atoms with Gasteiger partial charge in [0.05, 0.1) is 15.2 Å². The van der Waals surface area contributed by atoms with Crippen LogP contribution in [0.1, 0.15) is 0 Å². The number of hydrogen-bond donors (Lipinski definition) is 0. The molecule has 5 heteroatoms. The SMILES string of the molecule is COC(=O)OC/C(=C\[Si](C)(C)C)C[Si](C)(C)C. The highest BCUT2D eigenvalue weighted by atomic mass is 28.3. The molecule has 0 saturated heterocycles. The van der Waals surface area contributed by atoms with Crippen molar-refractivity contribution in [2.24, 2.45) is 0 Å². The van der Waals surface area contributed by atoms with Gasteiger partial charge in [0.1, 0.15) is 6.61 Å². The van der Waals surface area contributed by atoms with E-state index in [0.717, 1.165) is 6.04 Å². The molecule has 100 valence electrons. The van der Waals surface area contributed by atoms with E-state index < -0.39 is 22.3 Å². The first-order valence-corrected chi connectivity index (χ1v) is 13.2. The van der Waals surface area contributed by atoms with Gasteiger partial charge in [-0.15, -0.1) is 0 Å². The topological polar surface area (TPSA) is 35.5 Å². The average molecular weight is 275 g/mol. The van der Waals surface area contributed by atoms with Crippen LogP contribution in [0.25, 0.3) is 0 Å². The first-order chi connectivity index (χ1) is 7.53. The molecule has 0 N–H and O–H groups in total. The summed E-state index contributed by atoms with van der Waals surface area (Å²) in [5.74, 6) is 0. The standard InChI is InChI=1S/C12H26O3Si2/c1-14-12(13)15-8-11(9-16(2,3)4)10-17(5,6)7/h9H,8,10H2,1-7H3/b11-9+. The number of carbonyl (C=O) groups excluding carboxylic acids is 1. The van der Waals surface area contributed by atoms with Gasteiger partial charge in [-0.25, -0.2) is 4.79 Å². The second-order valence-electron chi connectivity index (χ2n) is 6.65. The minimum atomic E-state index is -1.27. The van der Waals surface area contributed by atoms with Crippen LogP contribution in [0.4, 0.5) is 4.79 Å². The Morgan fingerprint density at radius 3 is 2.00 bits per heavy atom. The largest absolute Gasteiger partial charge is 0.508 e. The number of carbonyl (C=O) groups is 1. The molecule has 0 aliphatic rings. The summed E-state index contributed by atoms with van der Waals surface area (Å²) >= 11 is 0. The molecule has 0 aromatic carbocycles. The molecule has 0 aromatic heterocycles. The average Bonchev–Trinajstić information content (AvgIpc) is 2.08. The van der Waals surface area contributed by atoms with Crippen molar-refractivity contribution in [2.75, 3.05) is 13.7 Å². The zero-order valence-electron chi connectivity index (χ0n) is 12.2. The highest BCUT2D eigenvalue weighted by molar-refractivity contribution is 6.81. The minimum Gasteiger partial charge on any atom is -0.438 e. The summed E-state index contributed by atoms with van der Waals surface area (Å²) in [5.41, 5.74) is 3.60. The normalized spacial score (nSPS) is 13.5. The van der Waals surface area contributed by atoms with Crippen molar-refractivity contribution in [2.45, 2.75) is 45.3 Å². The summed E-state index contributed by atoms with van der Waals surface area (Å²) < 4.78 is 9.56. The third-order valence-corrected chi connectivity index (χ3v) is 4.73.